The fraction of sp³-hybridized carbons (Fsp3) is 0.368. The highest BCUT2D eigenvalue weighted by Gasteiger charge is 2.38. The van der Waals surface area contributed by atoms with Gasteiger partial charge in [-0.3, -0.25) is 4.57 Å². The molecule has 0 fully saturated rings. The summed E-state index contributed by atoms with van der Waals surface area (Å²) in [6.45, 7) is 0. The lowest BCUT2D eigenvalue weighted by molar-refractivity contribution is 0.323. The van der Waals surface area contributed by atoms with Crippen molar-refractivity contribution >= 4 is 0 Å². The van der Waals surface area contributed by atoms with Crippen molar-refractivity contribution in [3.8, 4) is 34.7 Å². The van der Waals surface area contributed by atoms with E-state index in [4.69, 9.17) is 14.2 Å². The molecule has 0 radical (unpaired) electrons. The van der Waals surface area contributed by atoms with Gasteiger partial charge in [0.15, 0.2) is 11.5 Å². The number of hydrogen-bond acceptors (Lipinski definition) is 5. The minimum absolute atomic E-state index is 0.0702. The van der Waals surface area contributed by atoms with Crippen LogP contribution in [0.3, 0.4) is 0 Å². The van der Waals surface area contributed by atoms with Crippen LogP contribution in [0.2, 0.25) is 0 Å². The number of benzene rings is 1. The zero-order valence-electron chi connectivity index (χ0n) is 14.4. The van der Waals surface area contributed by atoms with Crippen LogP contribution in [0.25, 0.3) is 5.69 Å². The predicted molar refractivity (Wildman–Crippen MR) is 92.6 cm³/mol. The zero-order valence-corrected chi connectivity index (χ0v) is 14.4. The minimum atomic E-state index is 0.0702. The van der Waals surface area contributed by atoms with Gasteiger partial charge in [-0.25, -0.2) is 0 Å². The van der Waals surface area contributed by atoms with Gasteiger partial charge in [-0.1, -0.05) is 12.2 Å². The van der Waals surface area contributed by atoms with Gasteiger partial charge in [-0.2, -0.15) is 0 Å². The van der Waals surface area contributed by atoms with Gasteiger partial charge in [-0.15, -0.1) is 0 Å². The molecule has 1 heterocycles. The van der Waals surface area contributed by atoms with E-state index in [1.807, 2.05) is 0 Å². The van der Waals surface area contributed by atoms with Gasteiger partial charge < -0.3 is 24.4 Å². The molecule has 0 spiro atoms. The van der Waals surface area contributed by atoms with E-state index in [9.17, 15) is 10.2 Å². The van der Waals surface area contributed by atoms with E-state index in [0.717, 1.165) is 24.0 Å². The summed E-state index contributed by atoms with van der Waals surface area (Å²) in [5, 5.41) is 21.7. The van der Waals surface area contributed by atoms with Gasteiger partial charge in [0.25, 0.3) is 0 Å². The Bertz CT molecular complexity index is 805. The first-order chi connectivity index (χ1) is 12.1. The van der Waals surface area contributed by atoms with Crippen LogP contribution in [0.15, 0.2) is 24.3 Å². The summed E-state index contributed by atoms with van der Waals surface area (Å²) in [7, 11) is 4.60. The number of rotatable bonds is 4. The van der Waals surface area contributed by atoms with Crippen molar-refractivity contribution < 1.29 is 24.4 Å². The number of hydrogen-bond donors (Lipinski definition) is 2. The van der Waals surface area contributed by atoms with Crippen LogP contribution >= 0.6 is 0 Å². The van der Waals surface area contributed by atoms with Crippen molar-refractivity contribution in [3.05, 3.63) is 35.4 Å². The average molecular weight is 343 g/mol. The van der Waals surface area contributed by atoms with Crippen LogP contribution in [0.4, 0.5) is 0 Å². The molecule has 5 rings (SSSR count). The van der Waals surface area contributed by atoms with Crippen molar-refractivity contribution in [2.75, 3.05) is 21.3 Å². The molecule has 0 saturated heterocycles. The van der Waals surface area contributed by atoms with Crippen LogP contribution in [0, 0.1) is 0 Å². The number of allylic oxidation sites excluding steroid dienone is 2. The first kappa shape index (κ1) is 15.7. The summed E-state index contributed by atoms with van der Waals surface area (Å²) < 4.78 is 17.6. The van der Waals surface area contributed by atoms with Gasteiger partial charge in [0.1, 0.15) is 0 Å². The Kier molecular flexibility index (Phi) is 3.56. The molecule has 25 heavy (non-hydrogen) atoms. The van der Waals surface area contributed by atoms with Gasteiger partial charge >= 0.3 is 0 Å². The summed E-state index contributed by atoms with van der Waals surface area (Å²) in [6.07, 6.45) is 6.21. The molecule has 1 aromatic heterocycles. The number of methoxy groups -OCH3 is 3. The Morgan fingerprint density at radius 3 is 1.68 bits per heavy atom. The molecular formula is C19H21NO5. The number of aromatic nitrogens is 1. The Morgan fingerprint density at radius 1 is 0.840 bits per heavy atom. The normalized spacial score (nSPS) is 20.4. The summed E-state index contributed by atoms with van der Waals surface area (Å²) in [5.41, 5.74) is 2.20. The van der Waals surface area contributed by atoms with Gasteiger partial charge in [0, 0.05) is 35.1 Å². The molecule has 1 aromatic carbocycles. The third kappa shape index (κ3) is 2.10. The molecule has 0 amide bonds. The fourth-order valence-electron chi connectivity index (χ4n) is 4.06. The Morgan fingerprint density at radius 2 is 1.32 bits per heavy atom. The largest absolute Gasteiger partial charge is 0.494 e. The van der Waals surface area contributed by atoms with E-state index in [0.29, 0.717) is 22.9 Å². The first-order valence-corrected chi connectivity index (χ1v) is 8.25. The maximum Gasteiger partial charge on any atom is 0.203 e. The lowest BCUT2D eigenvalue weighted by Gasteiger charge is -2.30. The molecule has 6 nitrogen and oxygen atoms in total. The van der Waals surface area contributed by atoms with Crippen molar-refractivity contribution in [2.45, 2.75) is 24.7 Å². The van der Waals surface area contributed by atoms with E-state index in [-0.39, 0.29) is 23.6 Å². The van der Waals surface area contributed by atoms with Gasteiger partial charge in [0.05, 0.1) is 27.0 Å². The van der Waals surface area contributed by atoms with E-state index in [2.05, 4.69) is 12.2 Å². The van der Waals surface area contributed by atoms with Crippen LogP contribution in [-0.4, -0.2) is 36.1 Å². The highest BCUT2D eigenvalue weighted by molar-refractivity contribution is 5.64. The predicted octanol–water partition coefficient (Wildman–Crippen LogP) is 3.45. The zero-order chi connectivity index (χ0) is 17.7. The Hall–Kier alpha value is -2.76. The molecule has 2 N–H and O–H groups in total. The third-order valence-corrected chi connectivity index (χ3v) is 5.21. The second kappa shape index (κ2) is 5.65. The maximum atomic E-state index is 10.8. The Balaban J connectivity index is 1.94. The lowest BCUT2D eigenvalue weighted by Crippen LogP contribution is -2.15. The topological polar surface area (TPSA) is 73.1 Å². The number of fused-ring (bicyclic) bond motifs is 1. The maximum absolute atomic E-state index is 10.8. The number of aromatic hydroxyl groups is 2. The molecule has 132 valence electrons. The first-order valence-electron chi connectivity index (χ1n) is 8.25. The SMILES string of the molecule is COc1cc(-n2c(O)c3c(c2O)[C@H]2C=C[C@@H]3CC2)cc(OC)c1OC. The van der Waals surface area contributed by atoms with Crippen LogP contribution < -0.4 is 14.2 Å². The third-order valence-electron chi connectivity index (χ3n) is 5.21. The molecule has 3 aliphatic carbocycles. The lowest BCUT2D eigenvalue weighted by atomic mass is 9.73. The minimum Gasteiger partial charge on any atom is -0.494 e. The number of ether oxygens (including phenoxy) is 3. The smallest absolute Gasteiger partial charge is 0.203 e. The summed E-state index contributed by atoms with van der Waals surface area (Å²) in [5.74, 6) is 1.82. The summed E-state index contributed by atoms with van der Waals surface area (Å²) >= 11 is 0. The quantitative estimate of drug-likeness (QED) is 0.832. The van der Waals surface area contributed by atoms with E-state index >= 15 is 0 Å². The van der Waals surface area contributed by atoms with Crippen molar-refractivity contribution in [2.24, 2.45) is 0 Å². The molecule has 6 heteroatoms. The molecule has 3 aliphatic rings. The highest BCUT2D eigenvalue weighted by Crippen LogP contribution is 2.54. The second-order valence-electron chi connectivity index (χ2n) is 6.37. The van der Waals surface area contributed by atoms with Crippen molar-refractivity contribution in [1.82, 2.24) is 4.57 Å². The average Bonchev–Trinajstić information content (AvgIpc) is 2.94. The van der Waals surface area contributed by atoms with Gasteiger partial charge in [-0.05, 0) is 12.8 Å². The fourth-order valence-corrected chi connectivity index (χ4v) is 4.06. The molecule has 2 aromatic rings. The molecule has 2 bridgehead atoms. The van der Waals surface area contributed by atoms with Gasteiger partial charge in [0.2, 0.25) is 17.5 Å². The van der Waals surface area contributed by atoms with Crippen molar-refractivity contribution in [1.29, 1.82) is 0 Å². The van der Waals surface area contributed by atoms with E-state index < -0.39 is 0 Å². The molecular weight excluding hydrogens is 322 g/mol. The highest BCUT2D eigenvalue weighted by atomic mass is 16.5. The standard InChI is InChI=1S/C19H21NO5/c1-23-13-8-12(9-14(24-2)17(13)25-3)20-18(21)15-10-4-5-11(7-6-10)16(15)19(20)22/h4-5,8-11,21-22H,6-7H2,1-3H3/t10-,11+. The monoisotopic (exact) mass is 343 g/mol. The van der Waals surface area contributed by atoms with Crippen molar-refractivity contribution in [3.63, 3.8) is 0 Å². The summed E-state index contributed by atoms with van der Waals surface area (Å²) in [4.78, 5) is 0. The van der Waals surface area contributed by atoms with Crippen LogP contribution in [-0.2, 0) is 0 Å². The molecule has 0 aliphatic heterocycles. The Labute approximate surface area is 145 Å². The van der Waals surface area contributed by atoms with Crippen LogP contribution in [0.1, 0.15) is 35.8 Å². The van der Waals surface area contributed by atoms with E-state index in [1.54, 1.807) is 12.1 Å². The number of nitrogens with zero attached hydrogens (tertiary/aromatic N) is 1. The molecule has 0 saturated carbocycles. The van der Waals surface area contributed by atoms with Crippen LogP contribution in [0.5, 0.6) is 29.0 Å². The van der Waals surface area contributed by atoms with E-state index in [1.165, 1.54) is 25.9 Å². The second-order valence-corrected chi connectivity index (χ2v) is 6.37. The molecule has 2 atom stereocenters. The molecule has 0 unspecified atom stereocenters. The summed E-state index contributed by atoms with van der Waals surface area (Å²) in [6, 6.07) is 3.42.